The molecule has 0 aliphatic carbocycles. The van der Waals surface area contributed by atoms with E-state index in [1.54, 1.807) is 0 Å². The number of aromatic nitrogens is 6. The fourth-order valence-electron chi connectivity index (χ4n) is 1.41. The maximum atomic E-state index is 9.42. The first kappa shape index (κ1) is 14.1. The molecule has 0 fully saturated rings. The Morgan fingerprint density at radius 2 is 2.10 bits per heavy atom. The maximum absolute atomic E-state index is 9.42. The average Bonchev–Trinajstić information content (AvgIpc) is 3.01. The normalized spacial score (nSPS) is 13.8. The minimum absolute atomic E-state index is 0.0563. The third kappa shape index (κ3) is 2.97. The van der Waals surface area contributed by atoms with E-state index in [1.807, 2.05) is 13.8 Å². The van der Waals surface area contributed by atoms with Crippen molar-refractivity contribution in [1.29, 1.82) is 0 Å². The van der Waals surface area contributed by atoms with Gasteiger partial charge in [-0.2, -0.15) is 24.7 Å². The number of rotatable bonds is 6. The van der Waals surface area contributed by atoms with Crippen molar-refractivity contribution in [2.75, 3.05) is 17.3 Å². The lowest BCUT2D eigenvalue weighted by Gasteiger charge is -2.27. The number of aliphatic hydroxyl groups is 1. The third-order valence-corrected chi connectivity index (χ3v) is 2.92. The molecule has 0 aliphatic heterocycles. The lowest BCUT2D eigenvalue weighted by atomic mass is 10.0. The summed E-state index contributed by atoms with van der Waals surface area (Å²) in [7, 11) is 0. The Morgan fingerprint density at radius 1 is 1.35 bits per heavy atom. The second-order valence-electron chi connectivity index (χ2n) is 4.46. The lowest BCUT2D eigenvalue weighted by Crippen LogP contribution is -2.39. The van der Waals surface area contributed by atoms with Crippen molar-refractivity contribution in [2.24, 2.45) is 5.84 Å². The van der Waals surface area contributed by atoms with Crippen LogP contribution < -0.4 is 16.6 Å². The smallest absolute Gasteiger partial charge is 0.258 e. The zero-order chi connectivity index (χ0) is 14.6. The Morgan fingerprint density at radius 3 is 2.65 bits per heavy atom. The quantitative estimate of drug-likeness (QED) is 0.399. The number of hydrogen-bond acceptors (Lipinski definition) is 9. The van der Waals surface area contributed by atoms with Crippen LogP contribution in [-0.4, -0.2) is 47.0 Å². The van der Waals surface area contributed by atoms with Crippen LogP contribution in [0, 0.1) is 0 Å². The molecule has 10 heteroatoms. The monoisotopic (exact) mass is 279 g/mol. The van der Waals surface area contributed by atoms with Crippen molar-refractivity contribution in [3.8, 4) is 5.95 Å². The SMILES string of the molecule is CCC(C)(CO)Nc1nc(NN)nc(-n2cncn2)n1. The van der Waals surface area contributed by atoms with Crippen LogP contribution in [0.2, 0.25) is 0 Å². The van der Waals surface area contributed by atoms with E-state index < -0.39 is 5.54 Å². The van der Waals surface area contributed by atoms with E-state index in [-0.39, 0.29) is 24.5 Å². The fraction of sp³-hybridized carbons (Fsp3) is 0.500. The van der Waals surface area contributed by atoms with E-state index in [0.717, 1.165) is 0 Å². The van der Waals surface area contributed by atoms with E-state index in [4.69, 9.17) is 5.84 Å². The third-order valence-electron chi connectivity index (χ3n) is 2.92. The number of nitrogens with two attached hydrogens (primary N) is 1. The van der Waals surface area contributed by atoms with Crippen molar-refractivity contribution in [2.45, 2.75) is 25.8 Å². The summed E-state index contributed by atoms with van der Waals surface area (Å²) in [4.78, 5) is 16.2. The fourth-order valence-corrected chi connectivity index (χ4v) is 1.41. The molecule has 0 bridgehead atoms. The molecule has 10 nitrogen and oxygen atoms in total. The highest BCUT2D eigenvalue weighted by Crippen LogP contribution is 2.16. The van der Waals surface area contributed by atoms with Gasteiger partial charge in [-0.1, -0.05) is 6.92 Å². The second kappa shape index (κ2) is 5.75. The van der Waals surface area contributed by atoms with Gasteiger partial charge in [0.1, 0.15) is 12.7 Å². The zero-order valence-electron chi connectivity index (χ0n) is 11.3. The van der Waals surface area contributed by atoms with E-state index >= 15 is 0 Å². The molecule has 2 aromatic rings. The molecule has 5 N–H and O–H groups in total. The molecule has 2 aromatic heterocycles. The molecule has 1 unspecified atom stereocenters. The number of nitrogen functional groups attached to an aromatic ring is 1. The topological polar surface area (TPSA) is 140 Å². The second-order valence-corrected chi connectivity index (χ2v) is 4.46. The van der Waals surface area contributed by atoms with Crippen molar-refractivity contribution < 1.29 is 5.11 Å². The van der Waals surface area contributed by atoms with Crippen molar-refractivity contribution in [3.05, 3.63) is 12.7 Å². The number of hydrogen-bond donors (Lipinski definition) is 4. The van der Waals surface area contributed by atoms with Gasteiger partial charge in [-0.05, 0) is 13.3 Å². The molecule has 0 saturated heterocycles. The molecule has 1 atom stereocenters. The van der Waals surface area contributed by atoms with E-state index in [9.17, 15) is 5.11 Å². The number of hydrazine groups is 1. The largest absolute Gasteiger partial charge is 0.394 e. The van der Waals surface area contributed by atoms with Crippen LogP contribution in [0.5, 0.6) is 0 Å². The van der Waals surface area contributed by atoms with Gasteiger partial charge in [-0.25, -0.2) is 10.8 Å². The van der Waals surface area contributed by atoms with E-state index in [0.29, 0.717) is 6.42 Å². The molecule has 0 aromatic carbocycles. The van der Waals surface area contributed by atoms with Crippen LogP contribution in [0.15, 0.2) is 12.7 Å². The highest BCUT2D eigenvalue weighted by molar-refractivity contribution is 5.38. The number of anilines is 2. The van der Waals surface area contributed by atoms with Crippen LogP contribution in [-0.2, 0) is 0 Å². The zero-order valence-corrected chi connectivity index (χ0v) is 11.3. The molecule has 20 heavy (non-hydrogen) atoms. The van der Waals surface area contributed by atoms with Gasteiger partial charge >= 0.3 is 0 Å². The van der Waals surface area contributed by atoms with Gasteiger partial charge in [0.15, 0.2) is 0 Å². The summed E-state index contributed by atoms with van der Waals surface area (Å²) in [5, 5.41) is 16.4. The molecule has 0 aliphatic rings. The standard InChI is InChI=1S/C10H17N9O/c1-3-10(2,4-20)17-7-14-8(18-11)16-9(15-7)19-6-12-5-13-19/h5-6,20H,3-4,11H2,1-2H3,(H2,14,15,16,17,18). The molecule has 0 amide bonds. The van der Waals surface area contributed by atoms with Crippen LogP contribution in [0.1, 0.15) is 20.3 Å². The van der Waals surface area contributed by atoms with E-state index in [1.165, 1.54) is 17.3 Å². The minimum atomic E-state index is -0.535. The maximum Gasteiger partial charge on any atom is 0.258 e. The first-order valence-electron chi connectivity index (χ1n) is 6.07. The van der Waals surface area contributed by atoms with Gasteiger partial charge in [0.2, 0.25) is 11.9 Å². The van der Waals surface area contributed by atoms with Gasteiger partial charge < -0.3 is 10.4 Å². The Hall–Kier alpha value is -2.33. The lowest BCUT2D eigenvalue weighted by molar-refractivity contribution is 0.218. The van der Waals surface area contributed by atoms with Gasteiger partial charge in [0.25, 0.3) is 5.95 Å². The Bertz CT molecular complexity index is 552. The van der Waals surface area contributed by atoms with Crippen molar-refractivity contribution in [3.63, 3.8) is 0 Å². The van der Waals surface area contributed by atoms with Gasteiger partial charge in [-0.3, -0.25) is 5.43 Å². The van der Waals surface area contributed by atoms with Crippen LogP contribution in [0.25, 0.3) is 5.95 Å². The molecule has 2 heterocycles. The first-order valence-corrected chi connectivity index (χ1v) is 6.07. The van der Waals surface area contributed by atoms with Crippen LogP contribution >= 0.6 is 0 Å². The number of nitrogens with one attached hydrogen (secondary N) is 2. The predicted octanol–water partition coefficient (Wildman–Crippen LogP) is -0.689. The summed E-state index contributed by atoms with van der Waals surface area (Å²) in [6, 6.07) is 0. The average molecular weight is 279 g/mol. The number of aliphatic hydroxyl groups excluding tert-OH is 1. The molecular weight excluding hydrogens is 262 g/mol. The predicted molar refractivity (Wildman–Crippen MR) is 72.0 cm³/mol. The molecule has 0 saturated carbocycles. The Kier molecular flexibility index (Phi) is 4.05. The summed E-state index contributed by atoms with van der Waals surface area (Å²) >= 11 is 0. The van der Waals surface area contributed by atoms with Crippen LogP contribution in [0.3, 0.4) is 0 Å². The Balaban J connectivity index is 2.36. The van der Waals surface area contributed by atoms with Gasteiger partial charge in [0, 0.05) is 0 Å². The summed E-state index contributed by atoms with van der Waals surface area (Å²) in [6.45, 7) is 3.76. The molecule has 0 radical (unpaired) electrons. The van der Waals surface area contributed by atoms with Crippen molar-refractivity contribution >= 4 is 11.9 Å². The number of nitrogens with zero attached hydrogens (tertiary/aromatic N) is 6. The molecule has 108 valence electrons. The summed E-state index contributed by atoms with van der Waals surface area (Å²) in [6.07, 6.45) is 3.53. The van der Waals surface area contributed by atoms with E-state index in [2.05, 4.69) is 35.8 Å². The highest BCUT2D eigenvalue weighted by Gasteiger charge is 2.22. The Labute approximate surface area is 115 Å². The van der Waals surface area contributed by atoms with Crippen LogP contribution in [0.4, 0.5) is 11.9 Å². The summed E-state index contributed by atoms with van der Waals surface area (Å²) in [5.74, 6) is 6.09. The molecule has 2 rings (SSSR count). The van der Waals surface area contributed by atoms with Crippen molar-refractivity contribution in [1.82, 2.24) is 29.7 Å². The summed E-state index contributed by atoms with van der Waals surface area (Å²) in [5.41, 5.74) is 1.83. The minimum Gasteiger partial charge on any atom is -0.394 e. The summed E-state index contributed by atoms with van der Waals surface area (Å²) < 4.78 is 1.38. The molecule has 0 spiro atoms. The van der Waals surface area contributed by atoms with Gasteiger partial charge in [-0.15, -0.1) is 0 Å². The first-order chi connectivity index (χ1) is 9.60. The van der Waals surface area contributed by atoms with Gasteiger partial charge in [0.05, 0.1) is 12.1 Å². The molecular formula is C10H17N9O. The highest BCUT2D eigenvalue weighted by atomic mass is 16.3.